The van der Waals surface area contributed by atoms with Crippen molar-refractivity contribution in [3.05, 3.63) is 30.9 Å². The molecule has 4 amide bonds. The van der Waals surface area contributed by atoms with Crippen molar-refractivity contribution in [3.63, 3.8) is 0 Å². The Morgan fingerprint density at radius 3 is 2.30 bits per heavy atom. The molecule has 0 saturated carbocycles. The number of phosphoric ester groups is 1. The van der Waals surface area contributed by atoms with Crippen LogP contribution in [0.2, 0.25) is 0 Å². The van der Waals surface area contributed by atoms with E-state index in [0.29, 0.717) is 31.6 Å². The van der Waals surface area contributed by atoms with Gasteiger partial charge in [-0.3, -0.25) is 38.1 Å². The van der Waals surface area contributed by atoms with Crippen molar-refractivity contribution >= 4 is 61.4 Å². The standard InChI is InChI=1S/C43H72N7O14PS/c1-6-7-8-9-14-49-27-45-24-32(49)21-31(41(56)48-36(25-51)39(54)23-33(29(4)52)30(5)64-65(59,60)61)22-38(53)35(20-28(2)3)47-43(58)37-11-10-15-50(37)40(55)12-16-62-18-19-63-17-13-46-42(57)34(44)26-66/h6,24,27-28,30-31,33-37,51,66H,1,7-23,25-26,44H2,2-5H3,(H,46,57)(H,47,58)(H,48,56)(H2,59,60,61)/t30?,31-,33-,34+,35+,36+,37+/m1/s1. The second kappa shape index (κ2) is 30.5. The molecule has 0 spiro atoms. The van der Waals surface area contributed by atoms with Crippen LogP contribution >= 0.6 is 20.5 Å². The van der Waals surface area contributed by atoms with E-state index >= 15 is 0 Å². The SMILES string of the molecule is C=CCCCCn1cncc1C[C@H](CC(=O)[C@H](CC(C)C)NC(=O)[C@@H]1CCCN1C(=O)CCOCCOCCNC(=O)[C@@H](N)CS)C(=O)N[C@@H](CO)C(=O)C[C@H](C(C)=O)C(C)OP(=O)(O)O. The maximum Gasteiger partial charge on any atom is 0.469 e. The molecular formula is C43H72N7O14PS. The Balaban J connectivity index is 2.19. The fourth-order valence-electron chi connectivity index (χ4n) is 7.43. The van der Waals surface area contributed by atoms with Gasteiger partial charge in [0.05, 0.1) is 75.8 Å². The maximum absolute atomic E-state index is 14.3. The highest BCUT2D eigenvalue weighted by Gasteiger charge is 2.38. The van der Waals surface area contributed by atoms with E-state index in [1.54, 1.807) is 12.5 Å². The molecule has 0 bridgehead atoms. The molecule has 0 radical (unpaired) electrons. The lowest BCUT2D eigenvalue weighted by atomic mass is 9.89. The monoisotopic (exact) mass is 973 g/mol. The number of ether oxygens (including phenoxy) is 2. The van der Waals surface area contributed by atoms with Gasteiger partial charge in [-0.1, -0.05) is 19.9 Å². The zero-order chi connectivity index (χ0) is 49.4. The Bertz CT molecular complexity index is 1800. The molecule has 0 aromatic carbocycles. The number of thiol groups is 1. The number of aryl methyl sites for hydroxylation is 1. The fourth-order valence-corrected chi connectivity index (χ4v) is 8.17. The third kappa shape index (κ3) is 21.4. The summed E-state index contributed by atoms with van der Waals surface area (Å²) in [5.41, 5.74) is 6.22. The topological polar surface area (TPSA) is 308 Å². The van der Waals surface area contributed by atoms with E-state index in [-0.39, 0.29) is 75.7 Å². The van der Waals surface area contributed by atoms with Gasteiger partial charge in [-0.25, -0.2) is 9.55 Å². The Hall–Kier alpha value is -3.86. The van der Waals surface area contributed by atoms with Crippen LogP contribution in [0.25, 0.3) is 0 Å². The minimum atomic E-state index is -5.03. The van der Waals surface area contributed by atoms with Gasteiger partial charge in [-0.2, -0.15) is 12.6 Å². The van der Waals surface area contributed by atoms with Crippen LogP contribution in [0, 0.1) is 17.8 Å². The van der Waals surface area contributed by atoms with E-state index < -0.39 is 98.5 Å². The molecule has 1 aromatic heterocycles. The first-order valence-corrected chi connectivity index (χ1v) is 24.6. The number of carbonyl (C=O) groups is 7. The summed E-state index contributed by atoms with van der Waals surface area (Å²) in [7, 11) is -5.03. The summed E-state index contributed by atoms with van der Waals surface area (Å²) in [6.07, 6.45) is 6.16. The predicted molar refractivity (Wildman–Crippen MR) is 246 cm³/mol. The van der Waals surface area contributed by atoms with Crippen molar-refractivity contribution < 1.29 is 67.0 Å². The van der Waals surface area contributed by atoms with Crippen LogP contribution in [0.1, 0.15) is 91.2 Å². The summed E-state index contributed by atoms with van der Waals surface area (Å²) in [5, 5.41) is 18.3. The van der Waals surface area contributed by atoms with Crippen LogP contribution in [0.4, 0.5) is 0 Å². The van der Waals surface area contributed by atoms with Crippen LogP contribution in [0.3, 0.4) is 0 Å². The molecule has 0 aliphatic carbocycles. The Morgan fingerprint density at radius 1 is 1.00 bits per heavy atom. The zero-order valence-corrected chi connectivity index (χ0v) is 40.4. The number of allylic oxidation sites excluding steroid dienone is 1. The van der Waals surface area contributed by atoms with Crippen molar-refractivity contribution in [2.75, 3.05) is 51.9 Å². The quantitative estimate of drug-likeness (QED) is 0.0202. The number of imidazole rings is 1. The number of aliphatic hydroxyl groups is 1. The van der Waals surface area contributed by atoms with Gasteiger partial charge in [0.15, 0.2) is 11.6 Å². The van der Waals surface area contributed by atoms with Gasteiger partial charge >= 0.3 is 7.82 Å². The number of nitrogens with zero attached hydrogens (tertiary/aromatic N) is 3. The Kier molecular flexibility index (Phi) is 26.9. The number of aromatic nitrogens is 2. The van der Waals surface area contributed by atoms with Crippen molar-refractivity contribution in [2.24, 2.45) is 23.5 Å². The summed E-state index contributed by atoms with van der Waals surface area (Å²) in [4.78, 5) is 117. The predicted octanol–water partition coefficient (Wildman–Crippen LogP) is 0.815. The molecule has 1 aromatic rings. The van der Waals surface area contributed by atoms with E-state index in [1.807, 2.05) is 24.5 Å². The van der Waals surface area contributed by atoms with E-state index in [0.717, 1.165) is 26.2 Å². The van der Waals surface area contributed by atoms with Crippen molar-refractivity contribution in [1.29, 1.82) is 0 Å². The van der Waals surface area contributed by atoms with Crippen LogP contribution in [-0.2, 0) is 65.1 Å². The van der Waals surface area contributed by atoms with E-state index in [1.165, 1.54) is 11.8 Å². The number of nitrogens with two attached hydrogens (primary N) is 1. The smallest absolute Gasteiger partial charge is 0.394 e. The number of rotatable bonds is 35. The molecule has 2 rings (SSSR count). The van der Waals surface area contributed by atoms with Crippen LogP contribution in [-0.4, -0.2) is 152 Å². The highest BCUT2D eigenvalue weighted by atomic mass is 32.1. The lowest BCUT2D eigenvalue weighted by molar-refractivity contribution is -0.140. The normalized spacial score (nSPS) is 16.8. The van der Waals surface area contributed by atoms with E-state index in [9.17, 15) is 53.0 Å². The number of carbonyl (C=O) groups excluding carboxylic acids is 7. The minimum Gasteiger partial charge on any atom is -0.394 e. The first kappa shape index (κ1) is 58.3. The van der Waals surface area contributed by atoms with Gasteiger partial charge in [0.25, 0.3) is 0 Å². The molecule has 7 atom stereocenters. The number of Topliss-reactive ketones (excluding diaryl/α,β-unsaturated/α-hetero) is 3. The highest BCUT2D eigenvalue weighted by molar-refractivity contribution is 7.80. The maximum atomic E-state index is 14.3. The number of phosphoric acid groups is 1. The van der Waals surface area contributed by atoms with Crippen molar-refractivity contribution in [3.8, 4) is 0 Å². The molecule has 1 unspecified atom stereocenters. The molecular weight excluding hydrogens is 902 g/mol. The van der Waals surface area contributed by atoms with Gasteiger partial charge in [0.2, 0.25) is 23.6 Å². The third-order valence-electron chi connectivity index (χ3n) is 11.0. The summed E-state index contributed by atoms with van der Waals surface area (Å²) in [6.45, 7) is 10.9. The van der Waals surface area contributed by atoms with E-state index in [2.05, 4.69) is 44.7 Å². The molecule has 21 nitrogen and oxygen atoms in total. The summed E-state index contributed by atoms with van der Waals surface area (Å²) < 4.78 is 29.0. The van der Waals surface area contributed by atoms with Gasteiger partial charge in [0, 0.05) is 56.5 Å². The lowest BCUT2D eigenvalue weighted by Crippen LogP contribution is -2.52. The largest absolute Gasteiger partial charge is 0.469 e. The average molecular weight is 974 g/mol. The Morgan fingerprint density at radius 2 is 1.68 bits per heavy atom. The van der Waals surface area contributed by atoms with Gasteiger partial charge in [0.1, 0.15) is 17.9 Å². The van der Waals surface area contributed by atoms with Crippen LogP contribution in [0.15, 0.2) is 25.2 Å². The average Bonchev–Trinajstić information content (AvgIpc) is 3.93. The minimum absolute atomic E-state index is 0.00435. The second-order valence-electron chi connectivity index (χ2n) is 16.9. The summed E-state index contributed by atoms with van der Waals surface area (Å²) in [6, 6.07) is -4.14. The summed E-state index contributed by atoms with van der Waals surface area (Å²) >= 11 is 3.99. The second-order valence-corrected chi connectivity index (χ2v) is 18.4. The summed E-state index contributed by atoms with van der Waals surface area (Å²) in [5.74, 6) is -6.11. The molecule has 1 aliphatic rings. The molecule has 23 heteroatoms. The van der Waals surface area contributed by atoms with E-state index in [4.69, 9.17) is 15.2 Å². The number of hydrogen-bond donors (Lipinski definition) is 8. The number of nitrogens with one attached hydrogen (secondary N) is 3. The van der Waals surface area contributed by atoms with Crippen LogP contribution in [0.5, 0.6) is 0 Å². The Labute approximate surface area is 392 Å². The first-order chi connectivity index (χ1) is 31.2. The number of likely N-dealkylation sites (tertiary alicyclic amines) is 1. The number of hydrogen-bond acceptors (Lipinski definition) is 15. The zero-order valence-electron chi connectivity index (χ0n) is 38.6. The van der Waals surface area contributed by atoms with Crippen molar-refractivity contribution in [1.82, 2.24) is 30.4 Å². The molecule has 1 saturated heterocycles. The molecule has 66 heavy (non-hydrogen) atoms. The molecule has 1 fully saturated rings. The van der Waals surface area contributed by atoms with Crippen molar-refractivity contribution in [2.45, 2.75) is 129 Å². The van der Waals surface area contributed by atoms with Gasteiger partial charge in [-0.15, -0.1) is 6.58 Å². The first-order valence-electron chi connectivity index (χ1n) is 22.4. The molecule has 8 N–H and O–H groups in total. The fraction of sp³-hybridized carbons (Fsp3) is 0.721. The lowest BCUT2D eigenvalue weighted by Gasteiger charge is -2.28. The number of unbranched alkanes of at least 4 members (excludes halogenated alkanes) is 2. The van der Waals surface area contributed by atoms with Gasteiger partial charge in [-0.05, 0) is 58.3 Å². The van der Waals surface area contributed by atoms with Crippen LogP contribution < -0.4 is 21.7 Å². The molecule has 2 heterocycles. The molecule has 374 valence electrons. The number of ketones is 3. The van der Waals surface area contributed by atoms with Gasteiger partial charge < -0.3 is 55.5 Å². The molecule has 1 aliphatic heterocycles. The highest BCUT2D eigenvalue weighted by Crippen LogP contribution is 2.39. The third-order valence-corrected chi connectivity index (χ3v) is 12.0. The number of amides is 4. The number of aliphatic hydroxyl groups excluding tert-OH is 1.